The van der Waals surface area contributed by atoms with E-state index in [1.807, 2.05) is 49.4 Å². The molecule has 242 valence electrons. The highest BCUT2D eigenvalue weighted by Crippen LogP contribution is 2.36. The molecule has 1 aliphatic heterocycles. The van der Waals surface area contributed by atoms with Crippen LogP contribution in [-0.4, -0.2) is 56.4 Å². The summed E-state index contributed by atoms with van der Waals surface area (Å²) in [6, 6.07) is 23.0. The molecule has 0 radical (unpaired) electrons. The third-order valence-corrected chi connectivity index (χ3v) is 8.92. The number of piperidine rings is 1. The summed E-state index contributed by atoms with van der Waals surface area (Å²) in [6.07, 6.45) is 1.63. The number of nitrogens with one attached hydrogen (secondary N) is 3. The summed E-state index contributed by atoms with van der Waals surface area (Å²) >= 11 is 0. The highest BCUT2D eigenvalue weighted by atomic mass is 16.5. The topological polar surface area (TPSA) is 153 Å². The first-order chi connectivity index (χ1) is 22.6. The van der Waals surface area contributed by atoms with Gasteiger partial charge < -0.3 is 30.4 Å². The minimum atomic E-state index is -0.950. The van der Waals surface area contributed by atoms with Crippen LogP contribution in [0.15, 0.2) is 72.8 Å². The van der Waals surface area contributed by atoms with Crippen molar-refractivity contribution in [2.24, 2.45) is 5.73 Å². The van der Waals surface area contributed by atoms with Gasteiger partial charge in [0.15, 0.2) is 0 Å². The van der Waals surface area contributed by atoms with Crippen LogP contribution in [-0.2, 0) is 13.1 Å². The Labute approximate surface area is 274 Å². The Hall–Kier alpha value is -5.38. The quantitative estimate of drug-likeness (QED) is 0.0840. The molecule has 4 aromatic carbocycles. The number of ether oxygens (including phenoxy) is 1. The van der Waals surface area contributed by atoms with Gasteiger partial charge in [-0.1, -0.05) is 62.4 Å². The molecule has 0 bridgehead atoms. The van der Waals surface area contributed by atoms with Crippen molar-refractivity contribution in [1.82, 2.24) is 14.5 Å². The number of hydrogen-bond donors (Lipinski definition) is 5. The fourth-order valence-electron chi connectivity index (χ4n) is 6.37. The Morgan fingerprint density at radius 1 is 1.04 bits per heavy atom. The normalized spacial score (nSPS) is 13.7. The molecule has 1 aliphatic rings. The monoisotopic (exact) mass is 631 g/mol. The van der Waals surface area contributed by atoms with E-state index in [0.29, 0.717) is 18.9 Å². The van der Waals surface area contributed by atoms with Crippen molar-refractivity contribution in [3.8, 4) is 5.75 Å². The molecule has 0 atom stereocenters. The number of aromatic nitrogens is 2. The zero-order valence-electron chi connectivity index (χ0n) is 27.0. The number of amidine groups is 2. The van der Waals surface area contributed by atoms with Gasteiger partial charge in [-0.3, -0.25) is 10.8 Å². The van der Waals surface area contributed by atoms with Crippen LogP contribution >= 0.6 is 0 Å². The zero-order valence-corrected chi connectivity index (χ0v) is 27.0. The van der Waals surface area contributed by atoms with Gasteiger partial charge >= 0.3 is 5.97 Å². The number of carbonyl (C=O) groups is 1. The lowest BCUT2D eigenvalue weighted by Gasteiger charge is -2.33. The zero-order chi connectivity index (χ0) is 33.2. The second kappa shape index (κ2) is 13.2. The number of rotatable bonds is 10. The van der Waals surface area contributed by atoms with Crippen LogP contribution in [0.4, 0.5) is 5.69 Å². The van der Waals surface area contributed by atoms with Crippen LogP contribution in [0.2, 0.25) is 0 Å². The van der Waals surface area contributed by atoms with E-state index in [0.717, 1.165) is 81.7 Å². The van der Waals surface area contributed by atoms with E-state index in [4.69, 9.17) is 26.3 Å². The van der Waals surface area contributed by atoms with Crippen molar-refractivity contribution in [2.45, 2.75) is 58.7 Å². The summed E-state index contributed by atoms with van der Waals surface area (Å²) in [5, 5.41) is 30.9. The number of benzene rings is 4. The number of fused-ring (bicyclic) bond motifs is 2. The molecule has 0 spiro atoms. The van der Waals surface area contributed by atoms with E-state index in [2.05, 4.69) is 46.8 Å². The van der Waals surface area contributed by atoms with E-state index in [-0.39, 0.29) is 23.4 Å². The number of carboxylic acid groups (broad SMARTS) is 1. The highest BCUT2D eigenvalue weighted by molar-refractivity contribution is 6.08. The van der Waals surface area contributed by atoms with Gasteiger partial charge in [-0.25, -0.2) is 9.78 Å². The van der Waals surface area contributed by atoms with E-state index in [1.165, 1.54) is 0 Å². The molecule has 6 rings (SSSR count). The van der Waals surface area contributed by atoms with Crippen molar-refractivity contribution in [1.29, 1.82) is 10.8 Å². The van der Waals surface area contributed by atoms with Crippen molar-refractivity contribution in [2.75, 3.05) is 18.4 Å². The lowest BCUT2D eigenvalue weighted by atomic mass is 9.98. The molecule has 5 aromatic rings. The number of anilines is 1. The van der Waals surface area contributed by atoms with Crippen molar-refractivity contribution in [3.05, 3.63) is 101 Å². The number of carboxylic acids is 1. The molecule has 6 N–H and O–H groups in total. The van der Waals surface area contributed by atoms with E-state index >= 15 is 0 Å². The fourth-order valence-corrected chi connectivity index (χ4v) is 6.37. The first kappa shape index (κ1) is 31.6. The summed E-state index contributed by atoms with van der Waals surface area (Å²) in [5.74, 6) is 1.53. The van der Waals surface area contributed by atoms with Gasteiger partial charge in [-0.2, -0.15) is 0 Å². The van der Waals surface area contributed by atoms with Crippen LogP contribution < -0.4 is 15.8 Å². The van der Waals surface area contributed by atoms with Gasteiger partial charge in [0.05, 0.1) is 28.1 Å². The molecule has 1 saturated heterocycles. The maximum Gasteiger partial charge on any atom is 0.335 e. The molecular formula is C37H41N7O3. The lowest BCUT2D eigenvalue weighted by molar-refractivity contribution is 0.0697. The maximum absolute atomic E-state index is 11.3. The largest absolute Gasteiger partial charge is 0.488 e. The third kappa shape index (κ3) is 6.63. The molecule has 1 fully saturated rings. The Kier molecular flexibility index (Phi) is 8.84. The Bertz CT molecular complexity index is 1970. The summed E-state index contributed by atoms with van der Waals surface area (Å²) in [6.45, 7) is 8.74. The molecule has 10 nitrogen and oxygen atoms in total. The van der Waals surface area contributed by atoms with Crippen molar-refractivity contribution in [3.63, 3.8) is 0 Å². The average molecular weight is 632 g/mol. The van der Waals surface area contributed by atoms with Crippen molar-refractivity contribution < 1.29 is 14.6 Å². The Balaban J connectivity index is 1.39. The predicted octanol–water partition coefficient (Wildman–Crippen LogP) is 6.80. The average Bonchev–Trinajstić information content (AvgIpc) is 3.41. The summed E-state index contributed by atoms with van der Waals surface area (Å²) in [7, 11) is 0. The second-order valence-electron chi connectivity index (χ2n) is 12.5. The second-order valence-corrected chi connectivity index (χ2v) is 12.5. The molecule has 10 heteroatoms. The minimum absolute atomic E-state index is 0.00228. The van der Waals surface area contributed by atoms with Crippen LogP contribution in [0.5, 0.6) is 5.75 Å². The van der Waals surface area contributed by atoms with Gasteiger partial charge in [0.25, 0.3) is 0 Å². The van der Waals surface area contributed by atoms with Gasteiger partial charge in [-0.05, 0) is 47.0 Å². The summed E-state index contributed by atoms with van der Waals surface area (Å²) < 4.78 is 8.99. The van der Waals surface area contributed by atoms with Crippen LogP contribution in [0.3, 0.4) is 0 Å². The smallest absolute Gasteiger partial charge is 0.335 e. The Morgan fingerprint density at radius 3 is 2.38 bits per heavy atom. The number of nitrogens with zero attached hydrogens (tertiary/aromatic N) is 3. The molecule has 2 heterocycles. The van der Waals surface area contributed by atoms with E-state index in [9.17, 15) is 9.90 Å². The number of imidazole rings is 1. The van der Waals surface area contributed by atoms with E-state index < -0.39 is 5.97 Å². The molecule has 0 saturated carbocycles. The fraction of sp³-hybridized carbons (Fsp3) is 0.297. The number of likely N-dealkylation sites (tertiary alicyclic amines) is 1. The minimum Gasteiger partial charge on any atom is -0.488 e. The standard InChI is InChI=1S/C37H41N7O3/c1-22(2)36-42-31-18-32(41-20-24-8-10-25(11-9-24)37(45)46)34(47-27-14-16-43(17-15-27)23(3)38)19-33(31)44(36)21-26-12-13-30(35(39)40)29-7-5-4-6-28(26)29/h4-13,18-19,22,27,38,41H,14-17,20-21H2,1-3H3,(H3,39,40)(H,45,46). The van der Waals surface area contributed by atoms with Gasteiger partial charge in [-0.15, -0.1) is 0 Å². The van der Waals surface area contributed by atoms with Crippen molar-refractivity contribution >= 4 is 45.1 Å². The molecule has 1 aromatic heterocycles. The first-order valence-corrected chi connectivity index (χ1v) is 16.0. The first-order valence-electron chi connectivity index (χ1n) is 16.0. The Morgan fingerprint density at radius 2 is 1.74 bits per heavy atom. The summed E-state index contributed by atoms with van der Waals surface area (Å²) in [5.41, 5.74) is 11.6. The van der Waals surface area contributed by atoms with Crippen LogP contribution in [0, 0.1) is 10.8 Å². The number of nitrogen functional groups attached to an aromatic ring is 1. The maximum atomic E-state index is 11.3. The molecule has 0 amide bonds. The van der Waals surface area contributed by atoms with Crippen LogP contribution in [0.25, 0.3) is 21.8 Å². The predicted molar refractivity (Wildman–Crippen MR) is 187 cm³/mol. The number of nitrogens with two attached hydrogens (primary N) is 1. The molecule has 0 aliphatic carbocycles. The molecular weight excluding hydrogens is 590 g/mol. The lowest BCUT2D eigenvalue weighted by Crippen LogP contribution is -2.40. The van der Waals surface area contributed by atoms with E-state index in [1.54, 1.807) is 12.1 Å². The highest BCUT2D eigenvalue weighted by Gasteiger charge is 2.24. The molecule has 0 unspecified atom stereocenters. The van der Waals surface area contributed by atoms with Gasteiger partial charge in [0.1, 0.15) is 23.5 Å². The third-order valence-electron chi connectivity index (χ3n) is 8.92. The number of aromatic carboxylic acids is 1. The summed E-state index contributed by atoms with van der Waals surface area (Å²) in [4.78, 5) is 18.5. The number of hydrogen-bond acceptors (Lipinski definition) is 6. The van der Waals surface area contributed by atoms with Gasteiger partial charge in [0, 0.05) is 56.6 Å². The van der Waals surface area contributed by atoms with Gasteiger partial charge in [0.2, 0.25) is 0 Å². The molecule has 47 heavy (non-hydrogen) atoms. The van der Waals surface area contributed by atoms with Crippen LogP contribution in [0.1, 0.15) is 72.4 Å². The SMILES string of the molecule is CC(=N)N1CCC(Oc2cc3c(cc2NCc2ccc(C(=O)O)cc2)nc(C(C)C)n3Cc2ccc(C(=N)N)c3ccccc23)CC1.